The molecule has 9 heteroatoms. The van der Waals surface area contributed by atoms with E-state index in [9.17, 15) is 18.5 Å². The van der Waals surface area contributed by atoms with E-state index in [4.69, 9.17) is 9.47 Å². The van der Waals surface area contributed by atoms with Crippen molar-refractivity contribution in [2.24, 2.45) is 0 Å². The average molecular weight is 456 g/mol. The molecule has 3 rings (SSSR count). The number of anilines is 1. The molecular weight excluding hydrogens is 430 g/mol. The number of nitriles is 1. The molecular formula is C23H25N3O5S. The highest BCUT2D eigenvalue weighted by molar-refractivity contribution is 7.89. The lowest BCUT2D eigenvalue weighted by molar-refractivity contribution is -0.112. The van der Waals surface area contributed by atoms with Crippen molar-refractivity contribution in [1.29, 1.82) is 5.26 Å². The first-order valence-corrected chi connectivity index (χ1v) is 11.6. The SMILES string of the molecule is COc1ccc(C=C(C#N)C(=O)Nc2cccc(S(=O)(=O)N3CCCCC3)c2)cc1OC. The Morgan fingerprint density at radius 1 is 1.06 bits per heavy atom. The quantitative estimate of drug-likeness (QED) is 0.506. The molecule has 32 heavy (non-hydrogen) atoms. The molecule has 0 atom stereocenters. The molecule has 8 nitrogen and oxygen atoms in total. The van der Waals surface area contributed by atoms with E-state index in [-0.39, 0.29) is 10.5 Å². The van der Waals surface area contributed by atoms with E-state index in [0.29, 0.717) is 35.8 Å². The standard InChI is InChI=1S/C23H25N3O5S/c1-30-21-10-9-17(14-22(21)31-2)13-18(16-24)23(27)25-19-7-6-8-20(15-19)32(28,29)26-11-4-3-5-12-26/h6-10,13-15H,3-5,11-12H2,1-2H3,(H,25,27). The number of amides is 1. The van der Waals surface area contributed by atoms with E-state index in [1.807, 2.05) is 6.07 Å². The zero-order valence-electron chi connectivity index (χ0n) is 18.0. The summed E-state index contributed by atoms with van der Waals surface area (Å²) in [5.41, 5.74) is 0.735. The zero-order chi connectivity index (χ0) is 23.1. The number of piperidine rings is 1. The van der Waals surface area contributed by atoms with Gasteiger partial charge in [0.25, 0.3) is 5.91 Å². The number of nitrogens with one attached hydrogen (secondary N) is 1. The van der Waals surface area contributed by atoms with Gasteiger partial charge in [0.15, 0.2) is 11.5 Å². The summed E-state index contributed by atoms with van der Waals surface area (Å²) < 4.78 is 37.7. The van der Waals surface area contributed by atoms with Gasteiger partial charge >= 0.3 is 0 Å². The number of nitrogens with zero attached hydrogens (tertiary/aromatic N) is 2. The molecule has 0 radical (unpaired) electrons. The van der Waals surface area contributed by atoms with Crippen molar-refractivity contribution in [3.05, 3.63) is 53.6 Å². The van der Waals surface area contributed by atoms with Crippen LogP contribution in [-0.4, -0.2) is 45.9 Å². The van der Waals surface area contributed by atoms with Gasteiger partial charge in [-0.2, -0.15) is 9.57 Å². The third kappa shape index (κ3) is 5.28. The number of rotatable bonds is 7. The van der Waals surface area contributed by atoms with E-state index in [0.717, 1.165) is 19.3 Å². The maximum Gasteiger partial charge on any atom is 0.266 e. The molecule has 1 fully saturated rings. The van der Waals surface area contributed by atoms with E-state index in [1.54, 1.807) is 30.3 Å². The van der Waals surface area contributed by atoms with Crippen molar-refractivity contribution < 1.29 is 22.7 Å². The molecule has 1 N–H and O–H groups in total. The minimum Gasteiger partial charge on any atom is -0.493 e. The third-order valence-corrected chi connectivity index (χ3v) is 7.02. The monoisotopic (exact) mass is 455 g/mol. The average Bonchev–Trinajstić information content (AvgIpc) is 2.83. The highest BCUT2D eigenvalue weighted by Crippen LogP contribution is 2.28. The fraction of sp³-hybridized carbons (Fsp3) is 0.304. The molecule has 0 aliphatic carbocycles. The second-order valence-corrected chi connectivity index (χ2v) is 9.17. The van der Waals surface area contributed by atoms with Crippen LogP contribution in [0.25, 0.3) is 6.08 Å². The Labute approximate surface area is 188 Å². The van der Waals surface area contributed by atoms with E-state index >= 15 is 0 Å². The molecule has 0 saturated carbocycles. The van der Waals surface area contributed by atoms with Crippen LogP contribution in [0.5, 0.6) is 11.5 Å². The summed E-state index contributed by atoms with van der Waals surface area (Å²) in [4.78, 5) is 12.8. The minimum absolute atomic E-state index is 0.111. The Morgan fingerprint density at radius 3 is 2.44 bits per heavy atom. The number of methoxy groups -OCH3 is 2. The van der Waals surface area contributed by atoms with Crippen LogP contribution in [0.15, 0.2) is 52.9 Å². The molecule has 1 amide bonds. The Bertz CT molecular complexity index is 1160. The van der Waals surface area contributed by atoms with E-state index in [1.165, 1.54) is 36.7 Å². The van der Waals surface area contributed by atoms with Crippen LogP contribution in [0.3, 0.4) is 0 Å². The smallest absolute Gasteiger partial charge is 0.266 e. The number of ether oxygens (including phenoxy) is 2. The van der Waals surface area contributed by atoms with E-state index in [2.05, 4.69) is 5.32 Å². The summed E-state index contributed by atoms with van der Waals surface area (Å²) in [6.45, 7) is 0.983. The van der Waals surface area contributed by atoms with Crippen molar-refractivity contribution >= 4 is 27.7 Å². The second kappa shape index (κ2) is 10.3. The van der Waals surface area contributed by atoms with Gasteiger partial charge in [-0.3, -0.25) is 4.79 Å². The molecule has 2 aromatic rings. The number of hydrogen-bond donors (Lipinski definition) is 1. The first-order valence-electron chi connectivity index (χ1n) is 10.1. The normalized spacial score (nSPS) is 15.0. The lowest BCUT2D eigenvalue weighted by Gasteiger charge is -2.26. The second-order valence-electron chi connectivity index (χ2n) is 7.23. The van der Waals surface area contributed by atoms with Crippen LogP contribution >= 0.6 is 0 Å². The molecule has 1 aliphatic rings. The van der Waals surface area contributed by atoms with Gasteiger partial charge in [0.05, 0.1) is 19.1 Å². The number of carbonyl (C=O) groups excluding carboxylic acids is 1. The Kier molecular flexibility index (Phi) is 7.51. The van der Waals surface area contributed by atoms with E-state index < -0.39 is 15.9 Å². The number of carbonyl (C=O) groups is 1. The molecule has 0 bridgehead atoms. The molecule has 0 aromatic heterocycles. The largest absolute Gasteiger partial charge is 0.493 e. The first kappa shape index (κ1) is 23.3. The lowest BCUT2D eigenvalue weighted by Crippen LogP contribution is -2.35. The van der Waals surface area contributed by atoms with Crippen molar-refractivity contribution in [1.82, 2.24) is 4.31 Å². The molecule has 1 aliphatic heterocycles. The molecule has 0 spiro atoms. The summed E-state index contributed by atoms with van der Waals surface area (Å²) in [6.07, 6.45) is 4.11. The van der Waals surface area contributed by atoms with Gasteiger partial charge < -0.3 is 14.8 Å². The van der Waals surface area contributed by atoms with Crippen LogP contribution in [-0.2, 0) is 14.8 Å². The number of sulfonamides is 1. The summed E-state index contributed by atoms with van der Waals surface area (Å²) >= 11 is 0. The topological polar surface area (TPSA) is 109 Å². The number of hydrogen-bond acceptors (Lipinski definition) is 6. The summed E-state index contributed by atoms with van der Waals surface area (Å²) in [5.74, 6) is 0.351. The fourth-order valence-corrected chi connectivity index (χ4v) is 5.01. The molecule has 1 heterocycles. The minimum atomic E-state index is -3.63. The molecule has 0 unspecified atom stereocenters. The van der Waals surface area contributed by atoms with Crippen LogP contribution in [0.4, 0.5) is 5.69 Å². The Balaban J connectivity index is 1.81. The van der Waals surface area contributed by atoms with Gasteiger partial charge in [-0.05, 0) is 54.8 Å². The molecule has 168 valence electrons. The van der Waals surface area contributed by atoms with Crippen LogP contribution in [0, 0.1) is 11.3 Å². The summed E-state index contributed by atoms with van der Waals surface area (Å²) in [5, 5.41) is 12.1. The Hall–Kier alpha value is -3.35. The first-order chi connectivity index (χ1) is 15.4. The van der Waals surface area contributed by atoms with Crippen molar-refractivity contribution in [3.8, 4) is 17.6 Å². The van der Waals surface area contributed by atoms with Gasteiger partial charge in [0.1, 0.15) is 11.6 Å². The molecule has 2 aromatic carbocycles. The van der Waals surface area contributed by atoms with Crippen molar-refractivity contribution in [2.45, 2.75) is 24.2 Å². The molecule has 1 saturated heterocycles. The lowest BCUT2D eigenvalue weighted by atomic mass is 10.1. The summed E-state index contributed by atoms with van der Waals surface area (Å²) in [7, 11) is -0.623. The Morgan fingerprint density at radius 2 is 1.78 bits per heavy atom. The van der Waals surface area contributed by atoms with Crippen LogP contribution in [0.1, 0.15) is 24.8 Å². The maximum atomic E-state index is 12.9. The predicted molar refractivity (Wildman–Crippen MR) is 121 cm³/mol. The maximum absolute atomic E-state index is 12.9. The van der Waals surface area contributed by atoms with Gasteiger partial charge in [-0.25, -0.2) is 8.42 Å². The van der Waals surface area contributed by atoms with Crippen molar-refractivity contribution in [3.63, 3.8) is 0 Å². The fourth-order valence-electron chi connectivity index (χ4n) is 3.44. The van der Waals surface area contributed by atoms with Gasteiger partial charge in [-0.15, -0.1) is 0 Å². The van der Waals surface area contributed by atoms with Crippen LogP contribution in [0.2, 0.25) is 0 Å². The van der Waals surface area contributed by atoms with Crippen LogP contribution < -0.4 is 14.8 Å². The number of benzene rings is 2. The highest BCUT2D eigenvalue weighted by atomic mass is 32.2. The van der Waals surface area contributed by atoms with Gasteiger partial charge in [0.2, 0.25) is 10.0 Å². The van der Waals surface area contributed by atoms with Crippen molar-refractivity contribution in [2.75, 3.05) is 32.6 Å². The van der Waals surface area contributed by atoms with Gasteiger partial charge in [-0.1, -0.05) is 18.6 Å². The zero-order valence-corrected chi connectivity index (χ0v) is 18.8. The predicted octanol–water partition coefficient (Wildman–Crippen LogP) is 3.42. The highest BCUT2D eigenvalue weighted by Gasteiger charge is 2.26. The third-order valence-electron chi connectivity index (χ3n) is 5.13. The van der Waals surface area contributed by atoms with Gasteiger partial charge in [0, 0.05) is 18.8 Å². The summed E-state index contributed by atoms with van der Waals surface area (Å²) in [6, 6.07) is 13.0.